The maximum absolute atomic E-state index is 12.7. The van der Waals surface area contributed by atoms with Crippen molar-refractivity contribution in [3.63, 3.8) is 0 Å². The lowest BCUT2D eigenvalue weighted by Gasteiger charge is -2.11. The molecule has 0 aliphatic heterocycles. The first-order valence-electron chi connectivity index (χ1n) is 10.1. The van der Waals surface area contributed by atoms with Gasteiger partial charge in [0.15, 0.2) is 11.6 Å². The molecule has 1 N–H and O–H groups in total. The Kier molecular flexibility index (Phi) is 7.23. The van der Waals surface area contributed by atoms with Crippen LogP contribution in [0.2, 0.25) is 15.1 Å². The molecule has 3 aromatic carbocycles. The van der Waals surface area contributed by atoms with Gasteiger partial charge in [-0.25, -0.2) is 0 Å². The van der Waals surface area contributed by atoms with Crippen LogP contribution in [-0.4, -0.2) is 15.7 Å². The van der Waals surface area contributed by atoms with Crippen LogP contribution in [0.5, 0.6) is 5.75 Å². The molecule has 0 bridgehead atoms. The van der Waals surface area contributed by atoms with Gasteiger partial charge in [-0.15, -0.1) is 0 Å². The van der Waals surface area contributed by atoms with Crippen LogP contribution in [0.25, 0.3) is 0 Å². The maximum atomic E-state index is 12.7. The molecule has 4 aromatic rings. The Morgan fingerprint density at radius 1 is 1.00 bits per heavy atom. The molecule has 0 atom stereocenters. The van der Waals surface area contributed by atoms with Gasteiger partial charge in [-0.3, -0.25) is 9.48 Å². The van der Waals surface area contributed by atoms with Crippen molar-refractivity contribution in [2.45, 2.75) is 20.1 Å². The third-order valence-electron chi connectivity index (χ3n) is 5.01. The highest BCUT2D eigenvalue weighted by Gasteiger charge is 2.12. The number of carbonyl (C=O) groups is 1. The van der Waals surface area contributed by atoms with Crippen LogP contribution >= 0.6 is 34.8 Å². The van der Waals surface area contributed by atoms with Gasteiger partial charge in [0.25, 0.3) is 5.91 Å². The van der Waals surface area contributed by atoms with Gasteiger partial charge in [0.05, 0.1) is 16.6 Å². The Labute approximate surface area is 206 Å². The Morgan fingerprint density at radius 3 is 2.52 bits per heavy atom. The van der Waals surface area contributed by atoms with Crippen LogP contribution in [0.4, 0.5) is 5.82 Å². The monoisotopic (exact) mass is 499 g/mol. The Bertz CT molecular complexity index is 1280. The minimum absolute atomic E-state index is 0.188. The molecular weight excluding hydrogens is 481 g/mol. The van der Waals surface area contributed by atoms with Gasteiger partial charge < -0.3 is 10.1 Å². The molecule has 33 heavy (non-hydrogen) atoms. The fourth-order valence-corrected chi connectivity index (χ4v) is 4.22. The summed E-state index contributed by atoms with van der Waals surface area (Å²) in [6, 6.07) is 20.1. The summed E-state index contributed by atoms with van der Waals surface area (Å²) >= 11 is 18.3. The van der Waals surface area contributed by atoms with E-state index in [4.69, 9.17) is 39.5 Å². The SMILES string of the molecule is Cc1ccccc1Cn1ccc(NC(=O)c2cccc(COc3c(Cl)cc(Cl)cc3Cl)c2)n1. The molecule has 0 aliphatic rings. The number of anilines is 1. The molecule has 0 fully saturated rings. The molecule has 0 unspecified atom stereocenters. The van der Waals surface area contributed by atoms with Gasteiger partial charge in [-0.2, -0.15) is 5.10 Å². The number of benzene rings is 3. The smallest absolute Gasteiger partial charge is 0.256 e. The Balaban J connectivity index is 1.40. The summed E-state index contributed by atoms with van der Waals surface area (Å²) in [5, 5.41) is 8.36. The number of aryl methyl sites for hydroxylation is 1. The number of ether oxygens (including phenoxy) is 1. The fraction of sp³-hybridized carbons (Fsp3) is 0.120. The molecule has 1 heterocycles. The second-order valence-corrected chi connectivity index (χ2v) is 8.72. The van der Waals surface area contributed by atoms with E-state index in [1.165, 1.54) is 11.1 Å². The van der Waals surface area contributed by atoms with Gasteiger partial charge in [-0.1, -0.05) is 71.2 Å². The van der Waals surface area contributed by atoms with E-state index in [0.29, 0.717) is 38.7 Å². The van der Waals surface area contributed by atoms with Gasteiger partial charge in [0.1, 0.15) is 6.61 Å². The zero-order valence-electron chi connectivity index (χ0n) is 17.7. The predicted molar refractivity (Wildman–Crippen MR) is 133 cm³/mol. The van der Waals surface area contributed by atoms with Crippen LogP contribution in [0.1, 0.15) is 27.0 Å². The Morgan fingerprint density at radius 2 is 1.76 bits per heavy atom. The molecule has 4 rings (SSSR count). The molecule has 5 nitrogen and oxygen atoms in total. The zero-order chi connectivity index (χ0) is 23.4. The summed E-state index contributed by atoms with van der Waals surface area (Å²) in [7, 11) is 0. The number of nitrogens with zero attached hydrogens (tertiary/aromatic N) is 2. The number of aromatic nitrogens is 2. The number of carbonyl (C=O) groups excluding carboxylic acids is 1. The normalized spacial score (nSPS) is 10.8. The first-order chi connectivity index (χ1) is 15.9. The van der Waals surface area contributed by atoms with Crippen LogP contribution in [-0.2, 0) is 13.2 Å². The van der Waals surface area contributed by atoms with E-state index in [1.54, 1.807) is 41.1 Å². The Hall–Kier alpha value is -2.99. The van der Waals surface area contributed by atoms with Crippen LogP contribution in [0.3, 0.4) is 0 Å². The van der Waals surface area contributed by atoms with E-state index in [-0.39, 0.29) is 12.5 Å². The van der Waals surface area contributed by atoms with E-state index in [1.807, 2.05) is 24.4 Å². The molecule has 1 amide bonds. The number of hydrogen-bond acceptors (Lipinski definition) is 3. The first-order valence-corrected chi connectivity index (χ1v) is 11.3. The summed E-state index contributed by atoms with van der Waals surface area (Å²) in [6.07, 6.45) is 1.84. The number of halogens is 3. The second kappa shape index (κ2) is 10.3. The third-order valence-corrected chi connectivity index (χ3v) is 5.79. The van der Waals surface area contributed by atoms with Gasteiger partial charge in [0, 0.05) is 22.8 Å². The molecule has 1 aromatic heterocycles. The number of rotatable bonds is 7. The van der Waals surface area contributed by atoms with E-state index in [2.05, 4.69) is 29.5 Å². The standard InChI is InChI=1S/C25H20Cl3N3O2/c1-16-5-2-3-7-19(16)14-31-10-9-23(30-31)29-25(32)18-8-4-6-17(11-18)15-33-24-21(27)12-20(26)13-22(24)28/h2-13H,14-15H2,1H3,(H,29,30,32). The highest BCUT2D eigenvalue weighted by molar-refractivity contribution is 6.40. The molecular formula is C25H20Cl3N3O2. The third kappa shape index (κ3) is 5.88. The molecule has 0 saturated heterocycles. The number of amides is 1. The minimum atomic E-state index is -0.263. The average molecular weight is 501 g/mol. The van der Waals surface area contributed by atoms with Crippen molar-refractivity contribution < 1.29 is 9.53 Å². The van der Waals surface area contributed by atoms with Crippen molar-refractivity contribution in [2.24, 2.45) is 0 Å². The van der Waals surface area contributed by atoms with Gasteiger partial charge in [0.2, 0.25) is 0 Å². The second-order valence-electron chi connectivity index (χ2n) is 7.47. The quantitative estimate of drug-likeness (QED) is 0.296. The summed E-state index contributed by atoms with van der Waals surface area (Å²) in [5.74, 6) is 0.562. The number of nitrogens with one attached hydrogen (secondary N) is 1. The minimum Gasteiger partial charge on any atom is -0.486 e. The highest BCUT2D eigenvalue weighted by Crippen LogP contribution is 2.36. The molecule has 0 saturated carbocycles. The van der Waals surface area contributed by atoms with Crippen molar-refractivity contribution in [3.05, 3.63) is 110 Å². The predicted octanol–water partition coefficient (Wildman–Crippen LogP) is 7.03. The van der Waals surface area contributed by atoms with Crippen molar-refractivity contribution in [1.29, 1.82) is 0 Å². The van der Waals surface area contributed by atoms with E-state index in [0.717, 1.165) is 5.56 Å². The summed E-state index contributed by atoms with van der Waals surface area (Å²) < 4.78 is 7.55. The molecule has 0 aliphatic carbocycles. The van der Waals surface area contributed by atoms with Crippen molar-refractivity contribution >= 4 is 46.5 Å². The summed E-state index contributed by atoms with van der Waals surface area (Å²) in [4.78, 5) is 12.7. The van der Waals surface area contributed by atoms with Crippen molar-refractivity contribution in [2.75, 3.05) is 5.32 Å². The number of hydrogen-bond donors (Lipinski definition) is 1. The van der Waals surface area contributed by atoms with Crippen LogP contribution in [0, 0.1) is 6.92 Å². The largest absolute Gasteiger partial charge is 0.486 e. The van der Waals surface area contributed by atoms with Crippen LogP contribution < -0.4 is 10.1 Å². The average Bonchev–Trinajstić information content (AvgIpc) is 3.21. The highest BCUT2D eigenvalue weighted by atomic mass is 35.5. The van der Waals surface area contributed by atoms with Crippen LogP contribution in [0.15, 0.2) is 72.9 Å². The van der Waals surface area contributed by atoms with E-state index < -0.39 is 0 Å². The first kappa shape index (κ1) is 23.2. The van der Waals surface area contributed by atoms with E-state index in [9.17, 15) is 4.79 Å². The summed E-state index contributed by atoms with van der Waals surface area (Å²) in [5.41, 5.74) is 3.64. The van der Waals surface area contributed by atoms with E-state index >= 15 is 0 Å². The molecule has 168 valence electrons. The fourth-order valence-electron chi connectivity index (χ4n) is 3.29. The zero-order valence-corrected chi connectivity index (χ0v) is 20.0. The lowest BCUT2D eigenvalue weighted by Crippen LogP contribution is -2.13. The molecule has 0 spiro atoms. The topological polar surface area (TPSA) is 56.2 Å². The van der Waals surface area contributed by atoms with Gasteiger partial charge >= 0.3 is 0 Å². The lowest BCUT2D eigenvalue weighted by atomic mass is 10.1. The van der Waals surface area contributed by atoms with Crippen molar-refractivity contribution in [3.8, 4) is 5.75 Å². The lowest BCUT2D eigenvalue weighted by molar-refractivity contribution is 0.102. The van der Waals surface area contributed by atoms with Crippen molar-refractivity contribution in [1.82, 2.24) is 9.78 Å². The maximum Gasteiger partial charge on any atom is 0.256 e. The summed E-state index contributed by atoms with van der Waals surface area (Å²) in [6.45, 7) is 2.88. The molecule has 0 radical (unpaired) electrons. The van der Waals surface area contributed by atoms with Gasteiger partial charge in [-0.05, 0) is 47.9 Å². The molecule has 8 heteroatoms.